The lowest BCUT2D eigenvalue weighted by atomic mass is 10.2. The van der Waals surface area contributed by atoms with E-state index in [1.807, 2.05) is 0 Å². The number of benzene rings is 2. The number of hydrogen-bond donors (Lipinski definition) is 0. The zero-order valence-corrected chi connectivity index (χ0v) is 14.4. The quantitative estimate of drug-likeness (QED) is 0.436. The fraction of sp³-hybridized carbons (Fsp3) is 0.176. The SMILES string of the molecule is CN(Cc1cccc(F)c1)C(=O)COC(=O)c1ccc(Cl)c([N+](=O)[O-])c1. The number of carbonyl (C=O) groups excluding carboxylic acids is 2. The number of nitro benzene ring substituents is 1. The van der Waals surface area contributed by atoms with E-state index in [2.05, 4.69) is 0 Å². The number of likely N-dealkylation sites (N-methyl/N-ethyl adjacent to an activating group) is 1. The summed E-state index contributed by atoms with van der Waals surface area (Å²) in [5, 5.41) is 10.7. The van der Waals surface area contributed by atoms with Crippen molar-refractivity contribution in [1.82, 2.24) is 4.90 Å². The molecule has 2 aromatic carbocycles. The van der Waals surface area contributed by atoms with E-state index in [4.69, 9.17) is 16.3 Å². The Morgan fingerprint density at radius 1 is 1.27 bits per heavy atom. The minimum Gasteiger partial charge on any atom is -0.452 e. The molecule has 0 aromatic heterocycles. The molecule has 9 heteroatoms. The van der Waals surface area contributed by atoms with E-state index in [1.165, 1.54) is 42.3 Å². The summed E-state index contributed by atoms with van der Waals surface area (Å²) in [4.78, 5) is 35.4. The molecular formula is C17H14ClFN2O5. The van der Waals surface area contributed by atoms with Gasteiger partial charge in [-0.1, -0.05) is 23.7 Å². The molecule has 2 rings (SSSR count). The highest BCUT2D eigenvalue weighted by Gasteiger charge is 2.19. The van der Waals surface area contributed by atoms with E-state index in [9.17, 15) is 24.1 Å². The van der Waals surface area contributed by atoms with E-state index >= 15 is 0 Å². The van der Waals surface area contributed by atoms with Crippen molar-refractivity contribution >= 4 is 29.2 Å². The van der Waals surface area contributed by atoms with Crippen LogP contribution < -0.4 is 0 Å². The summed E-state index contributed by atoms with van der Waals surface area (Å²) in [5.41, 5.74) is 0.0536. The summed E-state index contributed by atoms with van der Waals surface area (Å²) in [5.74, 6) is -1.82. The van der Waals surface area contributed by atoms with E-state index in [0.29, 0.717) is 5.56 Å². The van der Waals surface area contributed by atoms with Gasteiger partial charge in [-0.05, 0) is 29.8 Å². The van der Waals surface area contributed by atoms with Crippen molar-refractivity contribution in [2.24, 2.45) is 0 Å². The predicted molar refractivity (Wildman–Crippen MR) is 91.3 cm³/mol. The van der Waals surface area contributed by atoms with Crippen LogP contribution >= 0.6 is 11.6 Å². The maximum atomic E-state index is 13.1. The first-order chi connectivity index (χ1) is 12.3. The second kappa shape index (κ2) is 8.39. The number of hydrogen-bond acceptors (Lipinski definition) is 5. The summed E-state index contributed by atoms with van der Waals surface area (Å²) in [6.45, 7) is -0.415. The molecule has 0 bridgehead atoms. The molecule has 0 N–H and O–H groups in total. The van der Waals surface area contributed by atoms with Crippen molar-refractivity contribution < 1.29 is 23.6 Å². The molecule has 136 valence electrons. The smallest absolute Gasteiger partial charge is 0.338 e. The Morgan fingerprint density at radius 3 is 2.65 bits per heavy atom. The van der Waals surface area contributed by atoms with Gasteiger partial charge >= 0.3 is 5.97 Å². The first-order valence-electron chi connectivity index (χ1n) is 7.37. The number of rotatable bonds is 6. The molecule has 1 amide bonds. The summed E-state index contributed by atoms with van der Waals surface area (Å²) >= 11 is 5.67. The molecular weight excluding hydrogens is 367 g/mol. The number of halogens is 2. The van der Waals surface area contributed by atoms with Crippen LogP contribution in [0.25, 0.3) is 0 Å². The lowest BCUT2D eigenvalue weighted by Crippen LogP contribution is -2.30. The minimum absolute atomic E-state index is 0.0957. The Hall–Kier alpha value is -3.00. The molecule has 0 aliphatic heterocycles. The zero-order valence-electron chi connectivity index (χ0n) is 13.6. The van der Waals surface area contributed by atoms with Crippen LogP contribution in [0.1, 0.15) is 15.9 Å². The first-order valence-corrected chi connectivity index (χ1v) is 7.75. The second-order valence-corrected chi connectivity index (χ2v) is 5.79. The molecule has 0 unspecified atom stereocenters. The number of ether oxygens (including phenoxy) is 1. The molecule has 0 saturated carbocycles. The van der Waals surface area contributed by atoms with Crippen LogP contribution in [0.3, 0.4) is 0 Å². The molecule has 0 atom stereocenters. The third-order valence-electron chi connectivity index (χ3n) is 3.44. The average Bonchev–Trinajstić information content (AvgIpc) is 2.59. The van der Waals surface area contributed by atoms with Gasteiger partial charge in [-0.15, -0.1) is 0 Å². The van der Waals surface area contributed by atoms with Crippen LogP contribution in [0.4, 0.5) is 10.1 Å². The average molecular weight is 381 g/mol. The number of nitrogens with zero attached hydrogens (tertiary/aromatic N) is 2. The van der Waals surface area contributed by atoms with E-state index in [-0.39, 0.29) is 17.1 Å². The highest BCUT2D eigenvalue weighted by molar-refractivity contribution is 6.32. The lowest BCUT2D eigenvalue weighted by molar-refractivity contribution is -0.384. The molecule has 0 heterocycles. The van der Waals surface area contributed by atoms with Crippen molar-refractivity contribution in [3.63, 3.8) is 0 Å². The Labute approximate surface area is 153 Å². The normalized spacial score (nSPS) is 10.3. The molecule has 26 heavy (non-hydrogen) atoms. The molecule has 0 saturated heterocycles. The largest absolute Gasteiger partial charge is 0.452 e. The van der Waals surface area contributed by atoms with Gasteiger partial charge in [0, 0.05) is 19.7 Å². The van der Waals surface area contributed by atoms with Gasteiger partial charge < -0.3 is 9.64 Å². The topological polar surface area (TPSA) is 89.8 Å². The molecule has 0 radical (unpaired) electrons. The molecule has 0 aliphatic carbocycles. The maximum Gasteiger partial charge on any atom is 0.338 e. The van der Waals surface area contributed by atoms with Gasteiger partial charge in [0.15, 0.2) is 6.61 Å². The number of carbonyl (C=O) groups is 2. The van der Waals surface area contributed by atoms with Crippen molar-refractivity contribution in [1.29, 1.82) is 0 Å². The predicted octanol–water partition coefficient (Wildman–Crippen LogP) is 3.20. The van der Waals surface area contributed by atoms with Gasteiger partial charge in [-0.2, -0.15) is 0 Å². The van der Waals surface area contributed by atoms with Crippen LogP contribution in [0.2, 0.25) is 5.02 Å². The Bertz CT molecular complexity index is 859. The van der Waals surface area contributed by atoms with Gasteiger partial charge in [0.2, 0.25) is 0 Å². The Kier molecular flexibility index (Phi) is 6.24. The summed E-state index contributed by atoms with van der Waals surface area (Å²) in [6, 6.07) is 9.21. The van der Waals surface area contributed by atoms with Crippen LogP contribution in [-0.2, 0) is 16.1 Å². The Morgan fingerprint density at radius 2 is 2.00 bits per heavy atom. The zero-order chi connectivity index (χ0) is 19.3. The van der Waals surface area contributed by atoms with E-state index in [1.54, 1.807) is 6.07 Å². The highest BCUT2D eigenvalue weighted by Crippen LogP contribution is 2.25. The third-order valence-corrected chi connectivity index (χ3v) is 3.76. The maximum absolute atomic E-state index is 13.1. The second-order valence-electron chi connectivity index (χ2n) is 5.38. The monoisotopic (exact) mass is 380 g/mol. The summed E-state index contributed by atoms with van der Waals surface area (Å²) in [6.07, 6.45) is 0. The van der Waals surface area contributed by atoms with Crippen molar-refractivity contribution in [2.75, 3.05) is 13.7 Å². The molecule has 0 aliphatic rings. The van der Waals surface area contributed by atoms with E-state index in [0.717, 1.165) is 6.07 Å². The highest BCUT2D eigenvalue weighted by atomic mass is 35.5. The minimum atomic E-state index is -0.891. The lowest BCUT2D eigenvalue weighted by Gasteiger charge is -2.17. The van der Waals surface area contributed by atoms with E-state index < -0.39 is 34.9 Å². The first kappa shape index (κ1) is 19.3. The standard InChI is InChI=1S/C17H14ClFN2O5/c1-20(9-11-3-2-4-13(19)7-11)16(22)10-26-17(23)12-5-6-14(18)15(8-12)21(24)25/h2-8H,9-10H2,1H3. The van der Waals surface area contributed by atoms with Crippen LogP contribution in [0.5, 0.6) is 0 Å². The number of esters is 1. The number of amides is 1. The van der Waals surface area contributed by atoms with Gasteiger partial charge in [0.05, 0.1) is 10.5 Å². The fourth-order valence-corrected chi connectivity index (χ4v) is 2.28. The van der Waals surface area contributed by atoms with Crippen LogP contribution in [0, 0.1) is 15.9 Å². The van der Waals surface area contributed by atoms with Crippen molar-refractivity contribution in [2.45, 2.75) is 6.54 Å². The molecule has 7 nitrogen and oxygen atoms in total. The molecule has 0 fully saturated rings. The molecule has 2 aromatic rings. The summed E-state index contributed by atoms with van der Waals surface area (Å²) < 4.78 is 18.0. The molecule has 0 spiro atoms. The van der Waals surface area contributed by atoms with Crippen molar-refractivity contribution in [3.8, 4) is 0 Å². The van der Waals surface area contributed by atoms with Gasteiger partial charge in [-0.3, -0.25) is 14.9 Å². The van der Waals surface area contributed by atoms with Crippen LogP contribution in [0.15, 0.2) is 42.5 Å². The Balaban J connectivity index is 1.95. The number of nitro groups is 1. The summed E-state index contributed by atoms with van der Waals surface area (Å²) in [7, 11) is 1.48. The van der Waals surface area contributed by atoms with Gasteiger partial charge in [0.25, 0.3) is 11.6 Å². The van der Waals surface area contributed by atoms with Crippen LogP contribution in [-0.4, -0.2) is 35.4 Å². The van der Waals surface area contributed by atoms with Crippen molar-refractivity contribution in [3.05, 3.63) is 74.5 Å². The third kappa shape index (κ3) is 5.00. The van der Waals surface area contributed by atoms with Gasteiger partial charge in [0.1, 0.15) is 10.8 Å². The fourth-order valence-electron chi connectivity index (χ4n) is 2.10. The van der Waals surface area contributed by atoms with Gasteiger partial charge in [-0.25, -0.2) is 9.18 Å².